The standard InChI is InChI=1S/C13H26N4O2/c1-16(2)10-14-9-7-6-8-12(13(18)19-5)15-11-17(3)4/h10-12H,6-9H2,1-5H3. The van der Waals surface area contributed by atoms with Crippen molar-refractivity contribution in [1.29, 1.82) is 0 Å². The smallest absolute Gasteiger partial charge is 0.330 e. The maximum absolute atomic E-state index is 11.5. The highest BCUT2D eigenvalue weighted by Gasteiger charge is 2.16. The van der Waals surface area contributed by atoms with Gasteiger partial charge in [0.15, 0.2) is 0 Å². The Kier molecular flexibility index (Phi) is 9.48. The number of methoxy groups -OCH3 is 1. The first kappa shape index (κ1) is 17.4. The van der Waals surface area contributed by atoms with Gasteiger partial charge in [-0.05, 0) is 19.3 Å². The fourth-order valence-corrected chi connectivity index (χ4v) is 1.36. The first-order chi connectivity index (χ1) is 8.97. The average Bonchev–Trinajstić information content (AvgIpc) is 2.35. The summed E-state index contributed by atoms with van der Waals surface area (Å²) < 4.78 is 4.75. The monoisotopic (exact) mass is 270 g/mol. The lowest BCUT2D eigenvalue weighted by atomic mass is 10.1. The normalized spacial score (nSPS) is 12.9. The molecule has 0 bridgehead atoms. The summed E-state index contributed by atoms with van der Waals surface area (Å²) in [5, 5.41) is 0. The molecule has 0 fully saturated rings. The molecule has 0 N–H and O–H groups in total. The van der Waals surface area contributed by atoms with Gasteiger partial charge in [-0.2, -0.15) is 0 Å². The summed E-state index contributed by atoms with van der Waals surface area (Å²) in [5.74, 6) is -0.283. The van der Waals surface area contributed by atoms with Gasteiger partial charge in [0.05, 0.1) is 19.8 Å². The topological polar surface area (TPSA) is 57.5 Å². The summed E-state index contributed by atoms with van der Waals surface area (Å²) in [6, 6.07) is -0.412. The van der Waals surface area contributed by atoms with Crippen LogP contribution in [-0.4, -0.2) is 76.3 Å². The Bertz CT molecular complexity index is 301. The predicted molar refractivity (Wildman–Crippen MR) is 78.9 cm³/mol. The number of hydrogen-bond donors (Lipinski definition) is 0. The van der Waals surface area contributed by atoms with E-state index in [2.05, 4.69) is 9.98 Å². The Morgan fingerprint density at radius 2 is 1.79 bits per heavy atom. The molecule has 1 atom stereocenters. The van der Waals surface area contributed by atoms with Gasteiger partial charge >= 0.3 is 5.97 Å². The number of unbranched alkanes of at least 4 members (excludes halogenated alkanes) is 1. The van der Waals surface area contributed by atoms with Crippen molar-refractivity contribution in [3.05, 3.63) is 0 Å². The van der Waals surface area contributed by atoms with Crippen LogP contribution in [0.25, 0.3) is 0 Å². The molecule has 0 saturated heterocycles. The van der Waals surface area contributed by atoms with Gasteiger partial charge < -0.3 is 14.5 Å². The number of carbonyl (C=O) groups is 1. The Hall–Kier alpha value is -1.59. The number of nitrogens with zero attached hydrogens (tertiary/aromatic N) is 4. The van der Waals surface area contributed by atoms with E-state index in [0.717, 1.165) is 19.4 Å². The summed E-state index contributed by atoms with van der Waals surface area (Å²) in [7, 11) is 9.00. The summed E-state index contributed by atoms with van der Waals surface area (Å²) in [6.45, 7) is 0.767. The predicted octanol–water partition coefficient (Wildman–Crippen LogP) is 0.878. The van der Waals surface area contributed by atoms with Crippen molar-refractivity contribution in [2.45, 2.75) is 25.3 Å². The van der Waals surface area contributed by atoms with Crippen molar-refractivity contribution in [2.75, 3.05) is 41.8 Å². The van der Waals surface area contributed by atoms with Crippen LogP contribution in [0.15, 0.2) is 9.98 Å². The van der Waals surface area contributed by atoms with Crippen LogP contribution >= 0.6 is 0 Å². The Morgan fingerprint density at radius 1 is 1.16 bits per heavy atom. The summed E-state index contributed by atoms with van der Waals surface area (Å²) in [6.07, 6.45) is 5.97. The van der Waals surface area contributed by atoms with Crippen LogP contribution in [0.5, 0.6) is 0 Å². The highest BCUT2D eigenvalue weighted by Crippen LogP contribution is 2.06. The maximum Gasteiger partial charge on any atom is 0.330 e. The van der Waals surface area contributed by atoms with Crippen molar-refractivity contribution in [3.8, 4) is 0 Å². The third-order valence-corrected chi connectivity index (χ3v) is 2.28. The van der Waals surface area contributed by atoms with E-state index in [9.17, 15) is 4.79 Å². The van der Waals surface area contributed by atoms with Gasteiger partial charge in [-0.25, -0.2) is 4.79 Å². The molecule has 0 heterocycles. The van der Waals surface area contributed by atoms with Crippen molar-refractivity contribution in [2.24, 2.45) is 9.98 Å². The van der Waals surface area contributed by atoms with Crippen molar-refractivity contribution in [1.82, 2.24) is 9.80 Å². The van der Waals surface area contributed by atoms with Crippen LogP contribution in [-0.2, 0) is 9.53 Å². The zero-order valence-corrected chi connectivity index (χ0v) is 12.7. The molecule has 6 heteroatoms. The van der Waals surface area contributed by atoms with E-state index in [1.54, 1.807) is 17.6 Å². The van der Waals surface area contributed by atoms with E-state index in [1.807, 2.05) is 33.1 Å². The molecular weight excluding hydrogens is 244 g/mol. The number of carbonyl (C=O) groups excluding carboxylic acids is 1. The molecule has 6 nitrogen and oxygen atoms in total. The minimum atomic E-state index is -0.412. The third kappa shape index (κ3) is 10.1. The minimum absolute atomic E-state index is 0.283. The van der Waals surface area contributed by atoms with Gasteiger partial charge in [-0.3, -0.25) is 9.98 Å². The Labute approximate surface area is 116 Å². The number of hydrogen-bond acceptors (Lipinski definition) is 4. The Morgan fingerprint density at radius 3 is 2.32 bits per heavy atom. The minimum Gasteiger partial charge on any atom is -0.467 e. The second kappa shape index (κ2) is 10.3. The van der Waals surface area contributed by atoms with Gasteiger partial charge in [0.2, 0.25) is 0 Å². The van der Waals surface area contributed by atoms with Crippen LogP contribution < -0.4 is 0 Å². The highest BCUT2D eigenvalue weighted by molar-refractivity contribution is 5.77. The summed E-state index contributed by atoms with van der Waals surface area (Å²) >= 11 is 0. The molecule has 1 unspecified atom stereocenters. The molecule has 0 aliphatic carbocycles. The molecule has 19 heavy (non-hydrogen) atoms. The largest absolute Gasteiger partial charge is 0.467 e. The molecule has 0 aromatic carbocycles. The van der Waals surface area contributed by atoms with Crippen LogP contribution in [0.1, 0.15) is 19.3 Å². The maximum atomic E-state index is 11.5. The fourth-order valence-electron chi connectivity index (χ4n) is 1.36. The van der Waals surface area contributed by atoms with Crippen LogP contribution in [0.4, 0.5) is 0 Å². The molecule has 0 amide bonds. The second-order valence-corrected chi connectivity index (χ2v) is 4.75. The lowest BCUT2D eigenvalue weighted by Gasteiger charge is -2.11. The van der Waals surface area contributed by atoms with Gasteiger partial charge in [-0.1, -0.05) is 0 Å². The number of esters is 1. The molecular formula is C13H26N4O2. The van der Waals surface area contributed by atoms with E-state index in [1.165, 1.54) is 7.11 Å². The van der Waals surface area contributed by atoms with E-state index >= 15 is 0 Å². The first-order valence-electron chi connectivity index (χ1n) is 6.41. The van der Waals surface area contributed by atoms with Gasteiger partial charge in [-0.15, -0.1) is 0 Å². The lowest BCUT2D eigenvalue weighted by Crippen LogP contribution is -2.22. The van der Waals surface area contributed by atoms with Crippen LogP contribution in [0.3, 0.4) is 0 Å². The second-order valence-electron chi connectivity index (χ2n) is 4.75. The molecule has 0 rings (SSSR count). The quantitative estimate of drug-likeness (QED) is 0.270. The molecule has 0 aromatic rings. The number of aliphatic imine (C=N–C) groups is 2. The molecule has 0 aliphatic rings. The van der Waals surface area contributed by atoms with Crippen LogP contribution in [0.2, 0.25) is 0 Å². The van der Waals surface area contributed by atoms with Crippen LogP contribution in [0, 0.1) is 0 Å². The van der Waals surface area contributed by atoms with E-state index in [4.69, 9.17) is 4.74 Å². The molecule has 0 aliphatic heterocycles. The Balaban J connectivity index is 4.03. The highest BCUT2D eigenvalue weighted by atomic mass is 16.5. The van der Waals surface area contributed by atoms with Gasteiger partial charge in [0.1, 0.15) is 6.04 Å². The summed E-state index contributed by atoms with van der Waals surface area (Å²) in [4.78, 5) is 23.7. The van der Waals surface area contributed by atoms with Crippen molar-refractivity contribution >= 4 is 18.6 Å². The molecule has 0 spiro atoms. The SMILES string of the molecule is COC(=O)C(CCCCN=CN(C)C)N=CN(C)C. The van der Waals surface area contributed by atoms with E-state index in [0.29, 0.717) is 6.42 Å². The van der Waals surface area contributed by atoms with Crippen molar-refractivity contribution in [3.63, 3.8) is 0 Å². The van der Waals surface area contributed by atoms with E-state index in [-0.39, 0.29) is 5.97 Å². The first-order valence-corrected chi connectivity index (χ1v) is 6.41. The zero-order valence-electron chi connectivity index (χ0n) is 12.7. The van der Waals surface area contributed by atoms with E-state index < -0.39 is 6.04 Å². The van der Waals surface area contributed by atoms with Gasteiger partial charge in [0.25, 0.3) is 0 Å². The summed E-state index contributed by atoms with van der Waals surface area (Å²) in [5.41, 5.74) is 0. The molecule has 110 valence electrons. The fraction of sp³-hybridized carbons (Fsp3) is 0.769. The lowest BCUT2D eigenvalue weighted by molar-refractivity contribution is -0.142. The third-order valence-electron chi connectivity index (χ3n) is 2.28. The number of rotatable bonds is 9. The zero-order chi connectivity index (χ0) is 14.7. The molecule has 0 aromatic heterocycles. The van der Waals surface area contributed by atoms with Crippen molar-refractivity contribution < 1.29 is 9.53 Å². The number of ether oxygens (including phenoxy) is 1. The van der Waals surface area contributed by atoms with Gasteiger partial charge in [0, 0.05) is 34.7 Å². The molecule has 0 saturated carbocycles. The average molecular weight is 270 g/mol. The molecule has 0 radical (unpaired) electrons.